The van der Waals surface area contributed by atoms with Crippen LogP contribution >= 0.6 is 15.9 Å². The lowest BCUT2D eigenvalue weighted by Gasteiger charge is -2.04. The van der Waals surface area contributed by atoms with Gasteiger partial charge in [-0.3, -0.25) is 4.99 Å². The molecule has 0 spiro atoms. The second-order valence-corrected chi connectivity index (χ2v) is 6.47. The molecule has 0 N–H and O–H groups in total. The van der Waals surface area contributed by atoms with Crippen LogP contribution in [0.5, 0.6) is 5.75 Å². The van der Waals surface area contributed by atoms with Crippen LogP contribution in [0.3, 0.4) is 0 Å². The fourth-order valence-electron chi connectivity index (χ4n) is 2.15. The van der Waals surface area contributed by atoms with Crippen LogP contribution in [-0.4, -0.2) is 12.2 Å². The molecule has 4 heteroatoms. The number of nitrogens with zero attached hydrogens (tertiary/aromatic N) is 1. The molecule has 3 aromatic rings. The highest BCUT2D eigenvalue weighted by Crippen LogP contribution is 2.17. The summed E-state index contributed by atoms with van der Waals surface area (Å²) in [6, 6.07) is 22.3. The largest absolute Gasteiger partial charge is 0.423 e. The van der Waals surface area contributed by atoms with Crippen LogP contribution in [0.4, 0.5) is 5.69 Å². The quantitative estimate of drug-likeness (QED) is 0.322. The maximum absolute atomic E-state index is 12.1. The van der Waals surface area contributed by atoms with Crippen LogP contribution < -0.4 is 4.74 Å². The molecule has 25 heavy (non-hydrogen) atoms. The number of aryl methyl sites for hydroxylation is 1. The van der Waals surface area contributed by atoms with Crippen molar-refractivity contribution in [2.45, 2.75) is 6.92 Å². The van der Waals surface area contributed by atoms with Gasteiger partial charge in [0.05, 0.1) is 11.3 Å². The zero-order valence-corrected chi connectivity index (χ0v) is 15.2. The minimum atomic E-state index is -0.381. The Morgan fingerprint density at radius 1 is 0.920 bits per heavy atom. The van der Waals surface area contributed by atoms with E-state index >= 15 is 0 Å². The van der Waals surface area contributed by atoms with Gasteiger partial charge < -0.3 is 4.74 Å². The molecule has 0 fully saturated rings. The molecule has 0 aliphatic heterocycles. The van der Waals surface area contributed by atoms with E-state index in [1.54, 1.807) is 42.6 Å². The van der Waals surface area contributed by atoms with Crippen molar-refractivity contribution in [1.29, 1.82) is 0 Å². The van der Waals surface area contributed by atoms with Crippen molar-refractivity contribution in [3.05, 3.63) is 94.0 Å². The van der Waals surface area contributed by atoms with Crippen molar-refractivity contribution in [2.75, 3.05) is 0 Å². The summed E-state index contributed by atoms with van der Waals surface area (Å²) >= 11 is 3.34. The summed E-state index contributed by atoms with van der Waals surface area (Å²) in [7, 11) is 0. The highest BCUT2D eigenvalue weighted by Gasteiger charge is 2.08. The first-order valence-corrected chi connectivity index (χ1v) is 8.58. The van der Waals surface area contributed by atoms with Gasteiger partial charge in [0.1, 0.15) is 5.75 Å². The molecule has 0 radical (unpaired) electrons. The minimum absolute atomic E-state index is 0.381. The molecule has 0 atom stereocenters. The Balaban J connectivity index is 1.64. The van der Waals surface area contributed by atoms with Crippen molar-refractivity contribution in [3.8, 4) is 5.75 Å². The van der Waals surface area contributed by atoms with E-state index in [2.05, 4.69) is 20.9 Å². The molecular weight excluding hydrogens is 378 g/mol. The van der Waals surface area contributed by atoms with Crippen LogP contribution in [0.25, 0.3) is 0 Å². The average molecular weight is 394 g/mol. The highest BCUT2D eigenvalue weighted by molar-refractivity contribution is 9.10. The van der Waals surface area contributed by atoms with Gasteiger partial charge in [-0.2, -0.15) is 0 Å². The second kappa shape index (κ2) is 7.90. The standard InChI is InChI=1S/C21H16BrNO2/c1-15-2-10-19(11-3-15)23-14-16-4-12-20(13-5-16)25-21(24)17-6-8-18(22)9-7-17/h2-14H,1H3. The van der Waals surface area contributed by atoms with E-state index in [-0.39, 0.29) is 5.97 Å². The lowest BCUT2D eigenvalue weighted by molar-refractivity contribution is 0.0735. The Morgan fingerprint density at radius 2 is 1.56 bits per heavy atom. The molecule has 0 saturated carbocycles. The molecular formula is C21H16BrNO2. The third-order valence-corrected chi connectivity index (χ3v) is 4.10. The van der Waals surface area contributed by atoms with E-state index in [1.807, 2.05) is 43.3 Å². The number of ether oxygens (including phenoxy) is 1. The molecule has 3 nitrogen and oxygen atoms in total. The first-order chi connectivity index (χ1) is 12.1. The SMILES string of the molecule is Cc1ccc(N=Cc2ccc(OC(=O)c3ccc(Br)cc3)cc2)cc1. The maximum atomic E-state index is 12.1. The molecule has 3 rings (SSSR count). The maximum Gasteiger partial charge on any atom is 0.343 e. The normalized spacial score (nSPS) is 10.8. The number of benzene rings is 3. The molecule has 0 aromatic heterocycles. The van der Waals surface area contributed by atoms with Crippen molar-refractivity contribution < 1.29 is 9.53 Å². The lowest BCUT2D eigenvalue weighted by Crippen LogP contribution is -2.08. The Labute approximate surface area is 155 Å². The number of halogens is 1. The summed E-state index contributed by atoms with van der Waals surface area (Å²) in [5.74, 6) is 0.119. The minimum Gasteiger partial charge on any atom is -0.423 e. The third-order valence-electron chi connectivity index (χ3n) is 3.57. The van der Waals surface area contributed by atoms with Crippen LogP contribution in [0.1, 0.15) is 21.5 Å². The van der Waals surface area contributed by atoms with Crippen molar-refractivity contribution in [3.63, 3.8) is 0 Å². The molecule has 0 bridgehead atoms. The zero-order chi connectivity index (χ0) is 17.6. The summed E-state index contributed by atoms with van der Waals surface area (Å²) in [6.07, 6.45) is 1.78. The van der Waals surface area contributed by atoms with Gasteiger partial charge in [-0.15, -0.1) is 0 Å². The molecule has 0 heterocycles. The van der Waals surface area contributed by atoms with Gasteiger partial charge in [0.2, 0.25) is 0 Å². The topological polar surface area (TPSA) is 38.7 Å². The first kappa shape index (κ1) is 17.1. The number of aliphatic imine (C=N–C) groups is 1. The monoisotopic (exact) mass is 393 g/mol. The lowest BCUT2D eigenvalue weighted by atomic mass is 10.2. The zero-order valence-electron chi connectivity index (χ0n) is 13.6. The van der Waals surface area contributed by atoms with Crippen molar-refractivity contribution in [1.82, 2.24) is 0 Å². The summed E-state index contributed by atoms with van der Waals surface area (Å²) in [5.41, 5.74) is 3.55. The summed E-state index contributed by atoms with van der Waals surface area (Å²) in [5, 5.41) is 0. The van der Waals surface area contributed by atoms with Gasteiger partial charge in [-0.05, 0) is 73.2 Å². The van der Waals surface area contributed by atoms with Crippen LogP contribution in [0.2, 0.25) is 0 Å². The molecule has 0 unspecified atom stereocenters. The van der Waals surface area contributed by atoms with Crippen LogP contribution in [-0.2, 0) is 0 Å². The molecule has 0 amide bonds. The Bertz CT molecular complexity index is 883. The fourth-order valence-corrected chi connectivity index (χ4v) is 2.42. The van der Waals surface area contributed by atoms with Crippen LogP contribution in [0, 0.1) is 6.92 Å². The second-order valence-electron chi connectivity index (χ2n) is 5.56. The fraction of sp³-hybridized carbons (Fsp3) is 0.0476. The number of hydrogen-bond donors (Lipinski definition) is 0. The number of hydrogen-bond acceptors (Lipinski definition) is 3. The number of carbonyl (C=O) groups excluding carboxylic acids is 1. The smallest absolute Gasteiger partial charge is 0.343 e. The Kier molecular flexibility index (Phi) is 5.41. The van der Waals surface area contributed by atoms with Gasteiger partial charge in [0, 0.05) is 10.7 Å². The Hall–Kier alpha value is -2.72. The van der Waals surface area contributed by atoms with Crippen LogP contribution in [0.15, 0.2) is 82.3 Å². The summed E-state index contributed by atoms with van der Waals surface area (Å²) in [4.78, 5) is 16.5. The van der Waals surface area contributed by atoms with Gasteiger partial charge in [-0.1, -0.05) is 33.6 Å². The van der Waals surface area contributed by atoms with E-state index < -0.39 is 0 Å². The van der Waals surface area contributed by atoms with Gasteiger partial charge in [0.15, 0.2) is 0 Å². The van der Waals surface area contributed by atoms with E-state index in [0.717, 1.165) is 15.7 Å². The van der Waals surface area contributed by atoms with E-state index in [4.69, 9.17) is 4.74 Å². The third kappa shape index (κ3) is 4.88. The predicted octanol–water partition coefficient (Wildman–Crippen LogP) is 5.73. The Morgan fingerprint density at radius 3 is 2.20 bits per heavy atom. The molecule has 0 saturated heterocycles. The van der Waals surface area contributed by atoms with Crippen molar-refractivity contribution >= 4 is 33.8 Å². The first-order valence-electron chi connectivity index (χ1n) is 7.79. The number of rotatable bonds is 4. The molecule has 0 aliphatic rings. The van der Waals surface area contributed by atoms with E-state index in [0.29, 0.717) is 11.3 Å². The average Bonchev–Trinajstić information content (AvgIpc) is 2.63. The van der Waals surface area contributed by atoms with Crippen molar-refractivity contribution in [2.24, 2.45) is 4.99 Å². The van der Waals surface area contributed by atoms with Gasteiger partial charge >= 0.3 is 5.97 Å². The van der Waals surface area contributed by atoms with E-state index in [9.17, 15) is 4.79 Å². The van der Waals surface area contributed by atoms with E-state index in [1.165, 1.54) is 5.56 Å². The summed E-state index contributed by atoms with van der Waals surface area (Å²) < 4.78 is 6.29. The summed E-state index contributed by atoms with van der Waals surface area (Å²) in [6.45, 7) is 2.04. The molecule has 3 aromatic carbocycles. The highest BCUT2D eigenvalue weighted by atomic mass is 79.9. The van der Waals surface area contributed by atoms with Gasteiger partial charge in [0.25, 0.3) is 0 Å². The number of esters is 1. The number of carbonyl (C=O) groups is 1. The van der Waals surface area contributed by atoms with Gasteiger partial charge in [-0.25, -0.2) is 4.79 Å². The molecule has 0 aliphatic carbocycles. The predicted molar refractivity (Wildman–Crippen MR) is 104 cm³/mol. The molecule has 124 valence electrons.